The summed E-state index contributed by atoms with van der Waals surface area (Å²) < 4.78 is 18.3. The third-order valence-electron chi connectivity index (χ3n) is 4.56. The number of carbonyl (C=O) groups is 1. The van der Waals surface area contributed by atoms with Crippen LogP contribution in [0.3, 0.4) is 0 Å². The molecule has 0 spiro atoms. The second kappa shape index (κ2) is 12.9. The molecule has 0 aliphatic carbocycles. The van der Waals surface area contributed by atoms with Gasteiger partial charge in [0.25, 0.3) is 0 Å². The van der Waals surface area contributed by atoms with E-state index in [2.05, 4.69) is 25.5 Å². The minimum Gasteiger partial charge on any atom is -0.462 e. The van der Waals surface area contributed by atoms with E-state index in [-0.39, 0.29) is 47.8 Å². The summed E-state index contributed by atoms with van der Waals surface area (Å²) in [4.78, 5) is 23.4. The summed E-state index contributed by atoms with van der Waals surface area (Å²) in [5.41, 5.74) is 1.67. The van der Waals surface area contributed by atoms with Gasteiger partial charge in [-0.15, -0.1) is 35.3 Å². The molecule has 0 amide bonds. The molecule has 2 aromatic rings. The van der Waals surface area contributed by atoms with E-state index in [1.54, 1.807) is 33.0 Å². The van der Waals surface area contributed by atoms with Crippen molar-refractivity contribution in [3.63, 3.8) is 0 Å². The Morgan fingerprint density at radius 1 is 1.32 bits per heavy atom. The van der Waals surface area contributed by atoms with Crippen LogP contribution in [0.25, 0.3) is 0 Å². The lowest BCUT2D eigenvalue weighted by atomic mass is 10.1. The number of halogens is 2. The second-order valence-electron chi connectivity index (χ2n) is 7.04. The lowest BCUT2D eigenvalue weighted by Gasteiger charge is -2.26. The molecular weight excluding hydrogens is 532 g/mol. The first-order valence-corrected chi connectivity index (χ1v) is 10.6. The molecule has 0 aliphatic rings. The van der Waals surface area contributed by atoms with Crippen LogP contribution in [0.15, 0.2) is 29.3 Å². The van der Waals surface area contributed by atoms with Gasteiger partial charge in [0.15, 0.2) is 5.96 Å². The van der Waals surface area contributed by atoms with Crippen LogP contribution in [-0.4, -0.2) is 56.1 Å². The second-order valence-corrected chi connectivity index (χ2v) is 8.07. The van der Waals surface area contributed by atoms with Crippen LogP contribution >= 0.6 is 35.3 Å². The quantitative estimate of drug-likeness (QED) is 0.220. The molecule has 0 fully saturated rings. The highest BCUT2D eigenvalue weighted by Crippen LogP contribution is 2.24. The Kier molecular flexibility index (Phi) is 11.4. The van der Waals surface area contributed by atoms with Crippen molar-refractivity contribution in [1.29, 1.82) is 0 Å². The number of nitrogens with one attached hydrogen (secondary N) is 2. The molecular formula is C21H31FIN5O2S. The zero-order chi connectivity index (χ0) is 22.3. The first-order valence-electron chi connectivity index (χ1n) is 9.80. The highest BCUT2D eigenvalue weighted by atomic mass is 127. The largest absolute Gasteiger partial charge is 0.462 e. The average molecular weight is 563 g/mol. The highest BCUT2D eigenvalue weighted by molar-refractivity contribution is 14.0. The number of hydrogen-bond donors (Lipinski definition) is 2. The molecule has 0 radical (unpaired) electrons. The predicted octanol–water partition coefficient (Wildman–Crippen LogP) is 3.91. The summed E-state index contributed by atoms with van der Waals surface area (Å²) in [5.74, 6) is 0.0139. The number of rotatable bonds is 8. The van der Waals surface area contributed by atoms with Gasteiger partial charge < -0.3 is 20.3 Å². The third kappa shape index (κ3) is 7.69. The Hall–Kier alpha value is -1.79. The number of hydrogen-bond acceptors (Lipinski definition) is 6. The van der Waals surface area contributed by atoms with E-state index in [4.69, 9.17) is 4.74 Å². The summed E-state index contributed by atoms with van der Waals surface area (Å²) >= 11 is 1.32. The maximum Gasteiger partial charge on any atom is 0.350 e. The zero-order valence-corrected chi connectivity index (χ0v) is 21.9. The number of esters is 1. The van der Waals surface area contributed by atoms with E-state index < -0.39 is 0 Å². The monoisotopic (exact) mass is 563 g/mol. The van der Waals surface area contributed by atoms with Gasteiger partial charge in [0.2, 0.25) is 0 Å². The summed E-state index contributed by atoms with van der Waals surface area (Å²) in [5, 5.41) is 7.40. The summed E-state index contributed by atoms with van der Waals surface area (Å²) in [6.45, 7) is 6.45. The molecule has 172 valence electrons. The Balaban J connectivity index is 0.00000480. The number of aliphatic imine (C=N–C) groups is 1. The van der Waals surface area contributed by atoms with E-state index in [1.165, 1.54) is 23.5 Å². The van der Waals surface area contributed by atoms with Crippen LogP contribution in [0, 0.1) is 12.7 Å². The maximum absolute atomic E-state index is 13.3. The van der Waals surface area contributed by atoms with E-state index in [9.17, 15) is 9.18 Å². The SMILES string of the molecule is CCOC(=O)c1sc(C(C)NC(=NC)NCC(c2ccc(F)cc2)N(C)C)nc1C.I. The van der Waals surface area contributed by atoms with Crippen molar-refractivity contribution in [3.05, 3.63) is 51.2 Å². The number of nitrogens with zero attached hydrogens (tertiary/aromatic N) is 3. The smallest absolute Gasteiger partial charge is 0.350 e. The van der Waals surface area contributed by atoms with Gasteiger partial charge in [-0.1, -0.05) is 12.1 Å². The molecule has 2 rings (SSSR count). The van der Waals surface area contributed by atoms with E-state index in [0.29, 0.717) is 29.7 Å². The number of likely N-dealkylation sites (N-methyl/N-ethyl adjacent to an activating group) is 1. The minimum absolute atomic E-state index is 0. The first-order chi connectivity index (χ1) is 14.3. The molecule has 1 aromatic carbocycles. The van der Waals surface area contributed by atoms with Crippen molar-refractivity contribution in [3.8, 4) is 0 Å². The maximum atomic E-state index is 13.3. The van der Waals surface area contributed by atoms with Crippen molar-refractivity contribution < 1.29 is 13.9 Å². The van der Waals surface area contributed by atoms with Crippen molar-refractivity contribution in [2.45, 2.75) is 32.9 Å². The fraction of sp³-hybridized carbons (Fsp3) is 0.476. The van der Waals surface area contributed by atoms with Gasteiger partial charge in [-0.25, -0.2) is 14.2 Å². The summed E-state index contributed by atoms with van der Waals surface area (Å²) in [6, 6.07) is 6.40. The molecule has 2 atom stereocenters. The van der Waals surface area contributed by atoms with E-state index in [0.717, 1.165) is 10.6 Å². The highest BCUT2D eigenvalue weighted by Gasteiger charge is 2.21. The number of thiazole rings is 1. The fourth-order valence-corrected chi connectivity index (χ4v) is 3.89. The molecule has 10 heteroatoms. The van der Waals surface area contributed by atoms with Gasteiger partial charge in [-0.3, -0.25) is 4.99 Å². The van der Waals surface area contributed by atoms with Crippen molar-refractivity contribution >= 4 is 47.2 Å². The van der Waals surface area contributed by atoms with Crippen LogP contribution in [-0.2, 0) is 4.74 Å². The summed E-state index contributed by atoms with van der Waals surface area (Å²) in [6.07, 6.45) is 0. The molecule has 2 unspecified atom stereocenters. The van der Waals surface area contributed by atoms with Crippen molar-refractivity contribution in [1.82, 2.24) is 20.5 Å². The number of guanidine groups is 1. The van der Waals surface area contributed by atoms with Gasteiger partial charge in [0.05, 0.1) is 24.4 Å². The average Bonchev–Trinajstić information content (AvgIpc) is 3.10. The molecule has 0 saturated heterocycles. The molecule has 1 aromatic heterocycles. The Morgan fingerprint density at radius 3 is 2.52 bits per heavy atom. The summed E-state index contributed by atoms with van der Waals surface area (Å²) in [7, 11) is 5.65. The van der Waals surface area contributed by atoms with E-state index >= 15 is 0 Å². The van der Waals surface area contributed by atoms with Crippen LogP contribution in [0.2, 0.25) is 0 Å². The number of aromatic nitrogens is 1. The van der Waals surface area contributed by atoms with Gasteiger partial charge in [0.1, 0.15) is 15.7 Å². The van der Waals surface area contributed by atoms with Crippen LogP contribution in [0.4, 0.5) is 4.39 Å². The van der Waals surface area contributed by atoms with Crippen molar-refractivity contribution in [2.24, 2.45) is 4.99 Å². The third-order valence-corrected chi connectivity index (χ3v) is 5.88. The van der Waals surface area contributed by atoms with Crippen molar-refractivity contribution in [2.75, 3.05) is 34.3 Å². The van der Waals surface area contributed by atoms with Crippen LogP contribution in [0.1, 0.15) is 51.9 Å². The van der Waals surface area contributed by atoms with Gasteiger partial charge in [-0.2, -0.15) is 0 Å². The molecule has 1 heterocycles. The topological polar surface area (TPSA) is 78.8 Å². The number of aryl methyl sites for hydroxylation is 1. The predicted molar refractivity (Wildman–Crippen MR) is 134 cm³/mol. The molecule has 7 nitrogen and oxygen atoms in total. The zero-order valence-electron chi connectivity index (χ0n) is 18.7. The van der Waals surface area contributed by atoms with Crippen LogP contribution in [0.5, 0.6) is 0 Å². The number of ether oxygens (including phenoxy) is 1. The standard InChI is InChI=1S/C21H30FN5O2S.HI/c1-7-29-20(28)18-13(2)25-19(30-18)14(3)26-21(23-4)24-12-17(27(5)6)15-8-10-16(22)11-9-15;/h8-11,14,17H,7,12H2,1-6H3,(H2,23,24,26);1H. The Labute approximate surface area is 204 Å². The molecule has 31 heavy (non-hydrogen) atoms. The van der Waals surface area contributed by atoms with Gasteiger partial charge >= 0.3 is 5.97 Å². The van der Waals surface area contributed by atoms with E-state index in [1.807, 2.05) is 21.0 Å². The Bertz CT molecular complexity index is 873. The van der Waals surface area contributed by atoms with Gasteiger partial charge in [0, 0.05) is 13.6 Å². The molecule has 2 N–H and O–H groups in total. The fourth-order valence-electron chi connectivity index (χ4n) is 2.93. The molecule has 0 aliphatic heterocycles. The lowest BCUT2D eigenvalue weighted by molar-refractivity contribution is 0.0531. The lowest BCUT2D eigenvalue weighted by Crippen LogP contribution is -2.42. The number of carbonyl (C=O) groups excluding carboxylic acids is 1. The van der Waals surface area contributed by atoms with Crippen LogP contribution < -0.4 is 10.6 Å². The minimum atomic E-state index is -0.346. The molecule has 0 bridgehead atoms. The normalized spacial score (nSPS) is 13.4. The first kappa shape index (κ1) is 27.2. The number of benzene rings is 1. The Morgan fingerprint density at radius 2 is 1.97 bits per heavy atom. The van der Waals surface area contributed by atoms with Gasteiger partial charge in [-0.05, 0) is 52.6 Å². The molecule has 0 saturated carbocycles.